The number of hydrogen-bond acceptors (Lipinski definition) is 2. The van der Waals surface area contributed by atoms with E-state index in [0.717, 1.165) is 25.7 Å². The minimum Gasteiger partial charge on any atom is -0.349 e. The summed E-state index contributed by atoms with van der Waals surface area (Å²) in [5, 5.41) is 3.19. The van der Waals surface area contributed by atoms with Gasteiger partial charge in [-0.2, -0.15) is 0 Å². The zero-order chi connectivity index (χ0) is 13.1. The van der Waals surface area contributed by atoms with Gasteiger partial charge in [0.1, 0.15) is 0 Å². The van der Waals surface area contributed by atoms with Gasteiger partial charge < -0.3 is 9.88 Å². The Kier molecular flexibility index (Phi) is 4.07. The third-order valence-corrected chi connectivity index (χ3v) is 3.79. The molecule has 98 valence electrons. The Labute approximate surface area is 111 Å². The molecule has 1 aliphatic carbocycles. The maximum atomic E-state index is 12.0. The fourth-order valence-electron chi connectivity index (χ4n) is 2.16. The van der Waals surface area contributed by atoms with Crippen molar-refractivity contribution in [1.29, 1.82) is 0 Å². The Morgan fingerprint density at radius 3 is 2.67 bits per heavy atom. The van der Waals surface area contributed by atoms with Crippen LogP contribution in [0, 0.1) is 0 Å². The first-order valence-electron chi connectivity index (χ1n) is 6.18. The Balaban J connectivity index is 1.99. The standard InChI is InChI=1S/C13H17ClN2O2/c1-16-7-6-9(8-12(16)17)13(18)15-11-4-2-10(14)3-5-11/h6-8,10-11H,2-5H2,1H3,(H,15,18). The second-order valence-corrected chi connectivity index (χ2v) is 5.40. The van der Waals surface area contributed by atoms with Crippen LogP contribution in [0.4, 0.5) is 0 Å². The van der Waals surface area contributed by atoms with Gasteiger partial charge in [-0.25, -0.2) is 0 Å². The van der Waals surface area contributed by atoms with E-state index in [1.807, 2.05) is 0 Å². The van der Waals surface area contributed by atoms with Crippen LogP contribution in [0.15, 0.2) is 23.1 Å². The second-order valence-electron chi connectivity index (χ2n) is 4.79. The first-order chi connectivity index (χ1) is 8.56. The van der Waals surface area contributed by atoms with Crippen LogP contribution >= 0.6 is 11.6 Å². The van der Waals surface area contributed by atoms with E-state index in [1.54, 1.807) is 19.3 Å². The Morgan fingerprint density at radius 2 is 2.06 bits per heavy atom. The van der Waals surface area contributed by atoms with Crippen LogP contribution in [-0.4, -0.2) is 21.9 Å². The van der Waals surface area contributed by atoms with Gasteiger partial charge >= 0.3 is 0 Å². The highest BCUT2D eigenvalue weighted by atomic mass is 35.5. The molecule has 1 aromatic rings. The molecule has 4 nitrogen and oxygen atoms in total. The number of alkyl halides is 1. The van der Waals surface area contributed by atoms with Crippen molar-refractivity contribution in [2.45, 2.75) is 37.1 Å². The Morgan fingerprint density at radius 1 is 1.39 bits per heavy atom. The monoisotopic (exact) mass is 268 g/mol. The van der Waals surface area contributed by atoms with Gasteiger partial charge in [0.05, 0.1) is 0 Å². The highest BCUT2D eigenvalue weighted by molar-refractivity contribution is 6.20. The van der Waals surface area contributed by atoms with Crippen molar-refractivity contribution in [2.24, 2.45) is 7.05 Å². The summed E-state index contributed by atoms with van der Waals surface area (Å²) in [6.07, 6.45) is 5.29. The average Bonchev–Trinajstić information content (AvgIpc) is 2.35. The molecule has 1 heterocycles. The lowest BCUT2D eigenvalue weighted by atomic mass is 9.95. The number of amides is 1. The van der Waals surface area contributed by atoms with Crippen molar-refractivity contribution in [1.82, 2.24) is 9.88 Å². The molecule has 1 saturated carbocycles. The molecule has 1 N–H and O–H groups in total. The first kappa shape index (κ1) is 13.1. The van der Waals surface area contributed by atoms with Gasteiger partial charge in [-0.3, -0.25) is 9.59 Å². The summed E-state index contributed by atoms with van der Waals surface area (Å²) in [6.45, 7) is 0. The van der Waals surface area contributed by atoms with E-state index in [0.29, 0.717) is 5.56 Å². The van der Waals surface area contributed by atoms with Crippen molar-refractivity contribution < 1.29 is 4.79 Å². The summed E-state index contributed by atoms with van der Waals surface area (Å²) in [5.41, 5.74) is 0.248. The molecule has 1 fully saturated rings. The number of nitrogens with one attached hydrogen (secondary N) is 1. The van der Waals surface area contributed by atoms with Crippen molar-refractivity contribution in [2.75, 3.05) is 0 Å². The smallest absolute Gasteiger partial charge is 0.251 e. The highest BCUT2D eigenvalue weighted by Crippen LogP contribution is 2.22. The lowest BCUT2D eigenvalue weighted by Gasteiger charge is -2.25. The zero-order valence-corrected chi connectivity index (χ0v) is 11.1. The predicted octanol–water partition coefficient (Wildman–Crippen LogP) is 1.67. The van der Waals surface area contributed by atoms with Crippen LogP contribution in [0.2, 0.25) is 0 Å². The molecule has 5 heteroatoms. The van der Waals surface area contributed by atoms with Gasteiger partial charge in [-0.1, -0.05) is 0 Å². The van der Waals surface area contributed by atoms with Crippen LogP contribution in [0.5, 0.6) is 0 Å². The lowest BCUT2D eigenvalue weighted by molar-refractivity contribution is 0.0927. The number of aryl methyl sites for hydroxylation is 1. The van der Waals surface area contributed by atoms with Gasteiger partial charge in [0.2, 0.25) is 0 Å². The molecule has 18 heavy (non-hydrogen) atoms. The van der Waals surface area contributed by atoms with Crippen LogP contribution in [0.1, 0.15) is 36.0 Å². The Hall–Kier alpha value is -1.29. The van der Waals surface area contributed by atoms with Crippen molar-refractivity contribution >= 4 is 17.5 Å². The summed E-state index contributed by atoms with van der Waals surface area (Å²) in [7, 11) is 1.66. The minimum absolute atomic E-state index is 0.174. The molecule has 2 rings (SSSR count). The molecule has 1 amide bonds. The number of carbonyl (C=O) groups excluding carboxylic acids is 1. The molecular weight excluding hydrogens is 252 g/mol. The molecule has 0 aromatic carbocycles. The number of halogens is 1. The van der Waals surface area contributed by atoms with Crippen molar-refractivity contribution in [3.8, 4) is 0 Å². The molecule has 0 radical (unpaired) electrons. The number of rotatable bonds is 2. The molecule has 0 aliphatic heterocycles. The van der Waals surface area contributed by atoms with Gasteiger partial charge in [0, 0.05) is 36.3 Å². The number of hydrogen-bond donors (Lipinski definition) is 1. The quantitative estimate of drug-likeness (QED) is 0.830. The topological polar surface area (TPSA) is 51.1 Å². The number of carbonyl (C=O) groups is 1. The van der Waals surface area contributed by atoms with E-state index in [-0.39, 0.29) is 22.9 Å². The van der Waals surface area contributed by atoms with Crippen molar-refractivity contribution in [3.05, 3.63) is 34.2 Å². The van der Waals surface area contributed by atoms with Gasteiger partial charge in [0.25, 0.3) is 11.5 Å². The molecule has 0 unspecified atom stereocenters. The van der Waals surface area contributed by atoms with Gasteiger partial charge in [0.15, 0.2) is 0 Å². The molecule has 0 atom stereocenters. The first-order valence-corrected chi connectivity index (χ1v) is 6.61. The van der Waals surface area contributed by atoms with E-state index in [2.05, 4.69) is 5.32 Å². The van der Waals surface area contributed by atoms with E-state index in [1.165, 1.54) is 10.6 Å². The molecule has 0 saturated heterocycles. The van der Waals surface area contributed by atoms with E-state index in [4.69, 9.17) is 11.6 Å². The lowest BCUT2D eigenvalue weighted by Crippen LogP contribution is -2.38. The SMILES string of the molecule is Cn1ccc(C(=O)NC2CCC(Cl)CC2)cc1=O. The predicted molar refractivity (Wildman–Crippen MR) is 71.0 cm³/mol. The summed E-state index contributed by atoms with van der Waals surface area (Å²) in [6, 6.07) is 3.20. The zero-order valence-electron chi connectivity index (χ0n) is 10.4. The van der Waals surface area contributed by atoms with Crippen molar-refractivity contribution in [3.63, 3.8) is 0 Å². The summed E-state index contributed by atoms with van der Waals surface area (Å²) >= 11 is 6.02. The molecule has 1 aromatic heterocycles. The molecule has 0 bridgehead atoms. The Bertz CT molecular complexity index is 490. The highest BCUT2D eigenvalue weighted by Gasteiger charge is 2.21. The maximum absolute atomic E-state index is 12.0. The fraction of sp³-hybridized carbons (Fsp3) is 0.538. The third-order valence-electron chi connectivity index (χ3n) is 3.36. The van der Waals surface area contributed by atoms with Crippen LogP contribution in [0.25, 0.3) is 0 Å². The number of nitrogens with zero attached hydrogens (tertiary/aromatic N) is 1. The van der Waals surface area contributed by atoms with E-state index in [9.17, 15) is 9.59 Å². The fourth-order valence-corrected chi connectivity index (χ4v) is 2.41. The largest absolute Gasteiger partial charge is 0.349 e. The van der Waals surface area contributed by atoms with Crippen LogP contribution in [-0.2, 0) is 7.05 Å². The summed E-state index contributed by atoms with van der Waals surface area (Å²) in [4.78, 5) is 23.4. The molecule has 0 spiro atoms. The van der Waals surface area contributed by atoms with E-state index < -0.39 is 0 Å². The second kappa shape index (κ2) is 5.57. The molecular formula is C13H17ClN2O2. The van der Waals surface area contributed by atoms with Gasteiger partial charge in [-0.05, 0) is 31.7 Å². The summed E-state index contributed by atoms with van der Waals surface area (Å²) in [5.74, 6) is -0.175. The summed E-state index contributed by atoms with van der Waals surface area (Å²) < 4.78 is 1.44. The van der Waals surface area contributed by atoms with Gasteiger partial charge in [-0.15, -0.1) is 11.6 Å². The minimum atomic E-state index is -0.175. The maximum Gasteiger partial charge on any atom is 0.251 e. The van der Waals surface area contributed by atoms with Crippen LogP contribution in [0.3, 0.4) is 0 Å². The third kappa shape index (κ3) is 3.13. The van der Waals surface area contributed by atoms with Crippen LogP contribution < -0.4 is 10.9 Å². The molecule has 1 aliphatic rings. The number of pyridine rings is 1. The average molecular weight is 269 g/mol. The van der Waals surface area contributed by atoms with E-state index >= 15 is 0 Å². The normalized spacial score (nSPS) is 23.7. The number of aromatic nitrogens is 1.